The molecule has 0 aromatic heterocycles. The Morgan fingerprint density at radius 3 is 2.05 bits per heavy atom. The molecule has 3 nitrogen and oxygen atoms in total. The number of benzene rings is 2. The predicted molar refractivity (Wildman–Crippen MR) is 78.3 cm³/mol. The monoisotopic (exact) mass is 286 g/mol. The molecule has 1 unspecified atom stereocenters. The quantitative estimate of drug-likeness (QED) is 0.876. The van der Waals surface area contributed by atoms with Crippen LogP contribution in [0, 0.1) is 18.2 Å². The zero-order valence-electron chi connectivity index (χ0n) is 11.8. The zero-order chi connectivity index (χ0) is 15.4. The Morgan fingerprint density at radius 2 is 1.62 bits per heavy atom. The van der Waals surface area contributed by atoms with Crippen molar-refractivity contribution in [1.29, 1.82) is 0 Å². The van der Waals surface area contributed by atoms with E-state index in [0.29, 0.717) is 17.1 Å². The van der Waals surface area contributed by atoms with Gasteiger partial charge in [-0.15, -0.1) is 6.42 Å². The molecule has 0 bridgehead atoms. The van der Waals surface area contributed by atoms with Gasteiger partial charge >= 0.3 is 0 Å². The lowest BCUT2D eigenvalue weighted by atomic mass is 9.90. The van der Waals surface area contributed by atoms with Crippen molar-refractivity contribution < 1.29 is 19.0 Å². The van der Waals surface area contributed by atoms with Crippen LogP contribution in [0.1, 0.15) is 17.0 Å². The third-order valence-corrected chi connectivity index (χ3v) is 3.19. The largest absolute Gasteiger partial charge is 0.508 e. The molecule has 0 saturated heterocycles. The Morgan fingerprint density at radius 1 is 1.10 bits per heavy atom. The average Bonchev–Trinajstić information content (AvgIpc) is 2.50. The fourth-order valence-electron chi connectivity index (χ4n) is 2.21. The summed E-state index contributed by atoms with van der Waals surface area (Å²) >= 11 is 0. The third-order valence-electron chi connectivity index (χ3n) is 3.19. The maximum atomic E-state index is 13.1. The minimum Gasteiger partial charge on any atom is -0.508 e. The van der Waals surface area contributed by atoms with Crippen LogP contribution in [0.25, 0.3) is 0 Å². The van der Waals surface area contributed by atoms with Crippen molar-refractivity contribution in [3.8, 4) is 29.6 Å². The van der Waals surface area contributed by atoms with Crippen molar-refractivity contribution in [1.82, 2.24) is 0 Å². The van der Waals surface area contributed by atoms with Gasteiger partial charge in [-0.1, -0.05) is 18.1 Å². The number of halogens is 1. The number of methoxy groups -OCH3 is 2. The minimum atomic E-state index is -0.476. The molecule has 4 heteroatoms. The van der Waals surface area contributed by atoms with Crippen molar-refractivity contribution in [3.63, 3.8) is 0 Å². The van der Waals surface area contributed by atoms with Gasteiger partial charge in [0.2, 0.25) is 0 Å². The van der Waals surface area contributed by atoms with Crippen LogP contribution in [-0.4, -0.2) is 19.3 Å². The van der Waals surface area contributed by atoms with E-state index in [1.54, 1.807) is 12.1 Å². The lowest BCUT2D eigenvalue weighted by Crippen LogP contribution is -2.04. The molecule has 2 aromatic carbocycles. The van der Waals surface area contributed by atoms with E-state index in [1.165, 1.54) is 38.5 Å². The summed E-state index contributed by atoms with van der Waals surface area (Å²) in [7, 11) is 2.96. The first kappa shape index (κ1) is 14.7. The van der Waals surface area contributed by atoms with Crippen LogP contribution < -0.4 is 9.47 Å². The molecule has 0 amide bonds. The molecule has 1 atom stereocenters. The third kappa shape index (κ3) is 2.92. The molecule has 0 radical (unpaired) electrons. The van der Waals surface area contributed by atoms with E-state index in [4.69, 9.17) is 15.9 Å². The first-order valence-electron chi connectivity index (χ1n) is 6.27. The molecule has 0 spiro atoms. The molecule has 0 aliphatic heterocycles. The summed E-state index contributed by atoms with van der Waals surface area (Å²) in [6.45, 7) is 0. The van der Waals surface area contributed by atoms with E-state index >= 15 is 0 Å². The van der Waals surface area contributed by atoms with Crippen molar-refractivity contribution in [2.45, 2.75) is 5.92 Å². The van der Waals surface area contributed by atoms with E-state index < -0.39 is 5.92 Å². The smallest absolute Gasteiger partial charge is 0.131 e. The van der Waals surface area contributed by atoms with Gasteiger partial charge in [0.25, 0.3) is 0 Å². The highest BCUT2D eigenvalue weighted by molar-refractivity contribution is 5.57. The highest BCUT2D eigenvalue weighted by Crippen LogP contribution is 2.41. The maximum Gasteiger partial charge on any atom is 0.131 e. The highest BCUT2D eigenvalue weighted by atomic mass is 19.1. The zero-order valence-corrected chi connectivity index (χ0v) is 11.8. The average molecular weight is 286 g/mol. The molecule has 0 aliphatic carbocycles. The number of terminal acetylenes is 1. The second-order valence-corrected chi connectivity index (χ2v) is 4.42. The summed E-state index contributed by atoms with van der Waals surface area (Å²) < 4.78 is 23.6. The lowest BCUT2D eigenvalue weighted by molar-refractivity contribution is 0.376. The van der Waals surface area contributed by atoms with Crippen LogP contribution in [0.2, 0.25) is 0 Å². The van der Waals surface area contributed by atoms with E-state index in [2.05, 4.69) is 5.92 Å². The molecule has 0 saturated carbocycles. The number of ether oxygens (including phenoxy) is 2. The van der Waals surface area contributed by atoms with Gasteiger partial charge < -0.3 is 14.6 Å². The van der Waals surface area contributed by atoms with Gasteiger partial charge in [0.1, 0.15) is 23.1 Å². The lowest BCUT2D eigenvalue weighted by Gasteiger charge is -2.19. The van der Waals surface area contributed by atoms with Crippen molar-refractivity contribution in [3.05, 3.63) is 53.3 Å². The minimum absolute atomic E-state index is 0.0160. The second kappa shape index (κ2) is 6.19. The number of rotatable bonds is 4. The summed E-state index contributed by atoms with van der Waals surface area (Å²) in [5.41, 5.74) is 1.35. The standard InChI is InChI=1S/C17H15FO3/c1-4-14(11-5-7-12(18)8-6-11)17-15(20-2)9-13(19)10-16(17)21-3/h1,5-10,14,19H,2-3H3. The van der Waals surface area contributed by atoms with Crippen LogP contribution in [-0.2, 0) is 0 Å². The fraction of sp³-hybridized carbons (Fsp3) is 0.176. The Balaban J connectivity index is 2.62. The summed E-state index contributed by atoms with van der Waals surface area (Å²) in [6, 6.07) is 8.85. The maximum absolute atomic E-state index is 13.1. The number of phenols is 1. The number of hydrogen-bond donors (Lipinski definition) is 1. The Kier molecular flexibility index (Phi) is 4.34. The van der Waals surface area contributed by atoms with Gasteiger partial charge in [-0.3, -0.25) is 0 Å². The van der Waals surface area contributed by atoms with Crippen LogP contribution in [0.5, 0.6) is 17.2 Å². The van der Waals surface area contributed by atoms with Crippen LogP contribution in [0.3, 0.4) is 0 Å². The van der Waals surface area contributed by atoms with Gasteiger partial charge in [0.05, 0.1) is 25.7 Å². The normalized spacial score (nSPS) is 11.5. The van der Waals surface area contributed by atoms with Crippen molar-refractivity contribution in [2.24, 2.45) is 0 Å². The summed E-state index contributed by atoms with van der Waals surface area (Å²) in [5.74, 6) is 2.70. The summed E-state index contributed by atoms with van der Waals surface area (Å²) in [4.78, 5) is 0. The highest BCUT2D eigenvalue weighted by Gasteiger charge is 2.22. The number of aromatic hydroxyl groups is 1. The Labute approximate surface area is 122 Å². The van der Waals surface area contributed by atoms with Gasteiger partial charge in [-0.05, 0) is 17.7 Å². The first-order valence-corrected chi connectivity index (χ1v) is 6.27. The molecule has 1 N–H and O–H groups in total. The molecule has 2 rings (SSSR count). The molecule has 21 heavy (non-hydrogen) atoms. The van der Waals surface area contributed by atoms with Crippen LogP contribution in [0.15, 0.2) is 36.4 Å². The van der Waals surface area contributed by atoms with E-state index in [-0.39, 0.29) is 11.6 Å². The number of phenolic OH excluding ortho intramolecular Hbond substituents is 1. The second-order valence-electron chi connectivity index (χ2n) is 4.42. The van der Waals surface area contributed by atoms with Gasteiger partial charge in [0.15, 0.2) is 0 Å². The van der Waals surface area contributed by atoms with Gasteiger partial charge in [-0.25, -0.2) is 4.39 Å². The van der Waals surface area contributed by atoms with Crippen molar-refractivity contribution in [2.75, 3.05) is 14.2 Å². The van der Waals surface area contributed by atoms with E-state index in [0.717, 1.165) is 5.56 Å². The molecule has 0 fully saturated rings. The van der Waals surface area contributed by atoms with Crippen LogP contribution >= 0.6 is 0 Å². The molecule has 0 heterocycles. The van der Waals surface area contributed by atoms with Crippen molar-refractivity contribution >= 4 is 0 Å². The molecule has 2 aromatic rings. The Hall–Kier alpha value is -2.67. The number of hydrogen-bond acceptors (Lipinski definition) is 3. The predicted octanol–water partition coefficient (Wildman–Crippen LogP) is 3.31. The Bertz CT molecular complexity index is 646. The van der Waals surface area contributed by atoms with E-state index in [9.17, 15) is 9.50 Å². The molecular weight excluding hydrogens is 271 g/mol. The topological polar surface area (TPSA) is 38.7 Å². The fourth-order valence-corrected chi connectivity index (χ4v) is 2.21. The molecule has 0 aliphatic rings. The van der Waals surface area contributed by atoms with Gasteiger partial charge in [-0.2, -0.15) is 0 Å². The summed E-state index contributed by atoms with van der Waals surface area (Å²) in [6.07, 6.45) is 5.64. The van der Waals surface area contributed by atoms with E-state index in [1.807, 2.05) is 0 Å². The first-order chi connectivity index (χ1) is 10.1. The van der Waals surface area contributed by atoms with Crippen LogP contribution in [0.4, 0.5) is 4.39 Å². The molecule has 108 valence electrons. The SMILES string of the molecule is C#CC(c1ccc(F)cc1)c1c(OC)cc(O)cc1OC. The molecular formula is C17H15FO3. The van der Waals surface area contributed by atoms with Gasteiger partial charge in [0, 0.05) is 12.1 Å². The summed E-state index contributed by atoms with van der Waals surface area (Å²) in [5, 5.41) is 9.68.